The van der Waals surface area contributed by atoms with E-state index in [-0.39, 0.29) is 11.7 Å². The van der Waals surface area contributed by atoms with Crippen LogP contribution >= 0.6 is 0 Å². The first-order valence-corrected chi connectivity index (χ1v) is 8.65. The Morgan fingerprint density at radius 1 is 1.33 bits per heavy atom. The van der Waals surface area contributed by atoms with Crippen LogP contribution in [-0.2, 0) is 4.79 Å². The van der Waals surface area contributed by atoms with Gasteiger partial charge in [-0.2, -0.15) is 0 Å². The van der Waals surface area contributed by atoms with Crippen molar-refractivity contribution in [2.75, 3.05) is 20.6 Å². The van der Waals surface area contributed by atoms with Gasteiger partial charge < -0.3 is 9.80 Å². The van der Waals surface area contributed by atoms with Crippen molar-refractivity contribution in [3.8, 4) is 0 Å². The van der Waals surface area contributed by atoms with E-state index >= 15 is 0 Å². The highest BCUT2D eigenvalue weighted by molar-refractivity contribution is 5.89. The minimum absolute atomic E-state index is 0.222. The minimum Gasteiger partial charge on any atom is -0.321 e. The Labute approximate surface area is 130 Å². The van der Waals surface area contributed by atoms with E-state index in [0.29, 0.717) is 17.9 Å². The first-order chi connectivity index (χ1) is 9.89. The second-order valence-electron chi connectivity index (χ2n) is 7.62. The summed E-state index contributed by atoms with van der Waals surface area (Å²) in [6.07, 6.45) is 6.72. The molecule has 122 valence electrons. The number of amides is 1. The van der Waals surface area contributed by atoms with Crippen molar-refractivity contribution in [2.45, 2.75) is 77.0 Å². The van der Waals surface area contributed by atoms with Crippen LogP contribution in [0.1, 0.15) is 59.3 Å². The van der Waals surface area contributed by atoms with Crippen molar-refractivity contribution in [1.29, 1.82) is 0 Å². The third-order valence-corrected chi connectivity index (χ3v) is 4.98. The summed E-state index contributed by atoms with van der Waals surface area (Å²) in [7, 11) is 4.21. The zero-order valence-corrected chi connectivity index (χ0v) is 14.5. The van der Waals surface area contributed by atoms with Crippen molar-refractivity contribution in [1.82, 2.24) is 15.1 Å². The monoisotopic (exact) mass is 295 g/mol. The van der Waals surface area contributed by atoms with Gasteiger partial charge in [-0.1, -0.05) is 33.6 Å². The lowest BCUT2D eigenvalue weighted by Gasteiger charge is -2.35. The number of carbonyl (C=O) groups excluding carboxylic acids is 1. The molecule has 1 spiro atoms. The summed E-state index contributed by atoms with van der Waals surface area (Å²) < 4.78 is 0. The number of hydrogen-bond acceptors (Lipinski definition) is 3. The zero-order valence-electron chi connectivity index (χ0n) is 14.5. The average Bonchev–Trinajstić information content (AvgIpc) is 2.95. The maximum Gasteiger partial charge on any atom is 0.244 e. The van der Waals surface area contributed by atoms with E-state index in [1.807, 2.05) is 0 Å². The van der Waals surface area contributed by atoms with Crippen molar-refractivity contribution in [3.05, 3.63) is 0 Å². The second kappa shape index (κ2) is 6.66. The normalized spacial score (nSPS) is 26.5. The fourth-order valence-corrected chi connectivity index (χ4v) is 4.14. The molecule has 2 fully saturated rings. The van der Waals surface area contributed by atoms with E-state index in [1.165, 1.54) is 12.8 Å². The van der Waals surface area contributed by atoms with Crippen molar-refractivity contribution in [2.24, 2.45) is 5.92 Å². The van der Waals surface area contributed by atoms with E-state index < -0.39 is 0 Å². The largest absolute Gasteiger partial charge is 0.321 e. The lowest BCUT2D eigenvalue weighted by Crippen LogP contribution is -2.49. The standard InChI is InChI=1S/C17H33N3O/c1-6-15-18-17(9-7-8-10-17)16(21)20(15)14(11-13(2)3)12-19(4)5/h13-15,18H,6-12H2,1-5H3. The first-order valence-electron chi connectivity index (χ1n) is 8.65. The molecule has 2 rings (SSSR count). The summed E-state index contributed by atoms with van der Waals surface area (Å²) in [4.78, 5) is 17.6. The Morgan fingerprint density at radius 3 is 2.43 bits per heavy atom. The van der Waals surface area contributed by atoms with E-state index in [4.69, 9.17) is 0 Å². The Kier molecular flexibility index (Phi) is 5.31. The Morgan fingerprint density at radius 2 is 1.95 bits per heavy atom. The van der Waals surface area contributed by atoms with Gasteiger partial charge in [0.15, 0.2) is 0 Å². The van der Waals surface area contributed by atoms with Crippen LogP contribution in [0.2, 0.25) is 0 Å². The fourth-order valence-electron chi connectivity index (χ4n) is 4.14. The van der Waals surface area contributed by atoms with Crippen LogP contribution in [0.15, 0.2) is 0 Å². The number of nitrogens with zero attached hydrogens (tertiary/aromatic N) is 2. The molecule has 2 aliphatic rings. The van der Waals surface area contributed by atoms with Gasteiger partial charge in [-0.25, -0.2) is 0 Å². The van der Waals surface area contributed by atoms with Crippen molar-refractivity contribution in [3.63, 3.8) is 0 Å². The third kappa shape index (κ3) is 3.42. The highest BCUT2D eigenvalue weighted by Crippen LogP contribution is 2.38. The van der Waals surface area contributed by atoms with Crippen LogP contribution in [-0.4, -0.2) is 54.1 Å². The molecule has 1 aliphatic heterocycles. The molecule has 0 bridgehead atoms. The summed E-state index contributed by atoms with van der Waals surface area (Å²) >= 11 is 0. The van der Waals surface area contributed by atoms with Crippen LogP contribution < -0.4 is 5.32 Å². The van der Waals surface area contributed by atoms with Crippen LogP contribution in [0.4, 0.5) is 0 Å². The molecule has 0 radical (unpaired) electrons. The number of hydrogen-bond donors (Lipinski definition) is 1. The molecule has 0 aromatic heterocycles. The maximum atomic E-state index is 13.1. The van der Waals surface area contributed by atoms with Crippen LogP contribution in [0.5, 0.6) is 0 Å². The highest BCUT2D eigenvalue weighted by atomic mass is 16.2. The molecule has 2 atom stereocenters. The Bertz CT molecular complexity index is 351. The lowest BCUT2D eigenvalue weighted by molar-refractivity contribution is -0.136. The maximum absolute atomic E-state index is 13.1. The van der Waals surface area contributed by atoms with E-state index in [1.54, 1.807) is 0 Å². The number of nitrogens with one attached hydrogen (secondary N) is 1. The van der Waals surface area contributed by atoms with Gasteiger partial charge in [-0.3, -0.25) is 10.1 Å². The van der Waals surface area contributed by atoms with Gasteiger partial charge in [0.25, 0.3) is 0 Å². The molecule has 4 heteroatoms. The Hall–Kier alpha value is -0.610. The summed E-state index contributed by atoms with van der Waals surface area (Å²) in [5.41, 5.74) is -0.234. The number of rotatable bonds is 6. The first kappa shape index (κ1) is 16.8. The molecule has 1 heterocycles. The highest BCUT2D eigenvalue weighted by Gasteiger charge is 2.53. The van der Waals surface area contributed by atoms with Crippen LogP contribution in [0, 0.1) is 5.92 Å². The van der Waals surface area contributed by atoms with Gasteiger partial charge in [0, 0.05) is 12.6 Å². The average molecular weight is 295 g/mol. The van der Waals surface area contributed by atoms with E-state index in [2.05, 4.69) is 50.0 Å². The van der Waals surface area contributed by atoms with E-state index in [9.17, 15) is 4.79 Å². The summed E-state index contributed by atoms with van der Waals surface area (Å²) in [5, 5.41) is 3.70. The molecule has 0 aromatic carbocycles. The molecular weight excluding hydrogens is 262 g/mol. The molecule has 1 saturated heterocycles. The predicted molar refractivity (Wildman–Crippen MR) is 87.1 cm³/mol. The lowest BCUT2D eigenvalue weighted by atomic mass is 9.96. The molecule has 1 aliphatic carbocycles. The zero-order chi connectivity index (χ0) is 15.6. The summed E-state index contributed by atoms with van der Waals surface area (Å²) in [6.45, 7) is 7.65. The van der Waals surface area contributed by atoms with E-state index in [0.717, 1.165) is 32.2 Å². The molecule has 2 unspecified atom stereocenters. The molecular formula is C17H33N3O. The van der Waals surface area contributed by atoms with Crippen molar-refractivity contribution >= 4 is 5.91 Å². The van der Waals surface area contributed by atoms with Crippen LogP contribution in [0.3, 0.4) is 0 Å². The molecule has 1 amide bonds. The second-order valence-corrected chi connectivity index (χ2v) is 7.62. The molecule has 1 saturated carbocycles. The molecule has 21 heavy (non-hydrogen) atoms. The quantitative estimate of drug-likeness (QED) is 0.817. The Balaban J connectivity index is 2.21. The number of carbonyl (C=O) groups is 1. The summed E-state index contributed by atoms with van der Waals surface area (Å²) in [5.74, 6) is 0.986. The SMILES string of the molecule is CCC1NC2(CCCC2)C(=O)N1C(CC(C)C)CN(C)C. The smallest absolute Gasteiger partial charge is 0.244 e. The predicted octanol–water partition coefficient (Wildman–Crippen LogP) is 2.44. The van der Waals surface area contributed by atoms with Gasteiger partial charge in [-0.05, 0) is 45.7 Å². The topological polar surface area (TPSA) is 35.6 Å². The number of likely N-dealkylation sites (N-methyl/N-ethyl adjacent to an activating group) is 1. The fraction of sp³-hybridized carbons (Fsp3) is 0.941. The van der Waals surface area contributed by atoms with Gasteiger partial charge in [0.2, 0.25) is 5.91 Å². The van der Waals surface area contributed by atoms with Gasteiger partial charge in [0.1, 0.15) is 0 Å². The van der Waals surface area contributed by atoms with Crippen LogP contribution in [0.25, 0.3) is 0 Å². The third-order valence-electron chi connectivity index (χ3n) is 4.98. The molecule has 0 aromatic rings. The van der Waals surface area contributed by atoms with Gasteiger partial charge in [-0.15, -0.1) is 0 Å². The van der Waals surface area contributed by atoms with Gasteiger partial charge >= 0.3 is 0 Å². The summed E-state index contributed by atoms with van der Waals surface area (Å²) in [6, 6.07) is 0.324. The molecule has 4 nitrogen and oxygen atoms in total. The molecule has 1 N–H and O–H groups in total. The van der Waals surface area contributed by atoms with Crippen molar-refractivity contribution < 1.29 is 4.79 Å². The van der Waals surface area contributed by atoms with Gasteiger partial charge in [0.05, 0.1) is 11.7 Å². The minimum atomic E-state index is -0.234.